The summed E-state index contributed by atoms with van der Waals surface area (Å²) in [5.74, 6) is -0.266. The van der Waals surface area contributed by atoms with E-state index in [0.29, 0.717) is 5.56 Å². The summed E-state index contributed by atoms with van der Waals surface area (Å²) in [6, 6.07) is 1.23. The molecule has 0 atom stereocenters. The number of rotatable bonds is 5. The molecule has 4 N–H and O–H groups in total. The number of primary amides is 1. The van der Waals surface area contributed by atoms with Gasteiger partial charge in [0.25, 0.3) is 0 Å². The fourth-order valence-electron chi connectivity index (χ4n) is 1.03. The quantitative estimate of drug-likeness (QED) is 0.700. The van der Waals surface area contributed by atoms with Gasteiger partial charge >= 0.3 is 6.09 Å². The number of carbonyl (C=O) groups excluding carboxylic acids is 1. The molecule has 1 aromatic rings. The second-order valence-corrected chi connectivity index (χ2v) is 2.84. The SMILES string of the molecule is NCc1cc(F)cnc1OCCOC(N)=O. The number of carbonyl (C=O) groups is 1. The van der Waals surface area contributed by atoms with Crippen LogP contribution in [0.25, 0.3) is 0 Å². The molecule has 0 fully saturated rings. The molecule has 88 valence electrons. The number of amides is 1. The molecule has 0 aliphatic carbocycles. The number of hydrogen-bond donors (Lipinski definition) is 2. The van der Waals surface area contributed by atoms with Gasteiger partial charge in [-0.05, 0) is 6.07 Å². The molecule has 0 aromatic carbocycles. The number of nitrogens with two attached hydrogens (primary N) is 2. The molecule has 0 radical (unpaired) electrons. The van der Waals surface area contributed by atoms with Gasteiger partial charge in [-0.25, -0.2) is 14.2 Å². The molecule has 0 spiro atoms. The normalized spacial score (nSPS) is 9.88. The van der Waals surface area contributed by atoms with Gasteiger partial charge in [-0.3, -0.25) is 0 Å². The lowest BCUT2D eigenvalue weighted by Gasteiger charge is -2.08. The maximum atomic E-state index is 12.8. The van der Waals surface area contributed by atoms with Crippen LogP contribution < -0.4 is 16.2 Å². The van der Waals surface area contributed by atoms with E-state index in [1.165, 1.54) is 6.07 Å². The minimum atomic E-state index is -0.880. The topological polar surface area (TPSA) is 100 Å². The second kappa shape index (κ2) is 5.86. The zero-order chi connectivity index (χ0) is 12.0. The Morgan fingerprint density at radius 3 is 2.88 bits per heavy atom. The summed E-state index contributed by atoms with van der Waals surface area (Å²) >= 11 is 0. The third-order valence-electron chi connectivity index (χ3n) is 1.68. The monoisotopic (exact) mass is 229 g/mol. The van der Waals surface area contributed by atoms with Gasteiger partial charge in [0.1, 0.15) is 19.0 Å². The number of pyridine rings is 1. The van der Waals surface area contributed by atoms with Crippen molar-refractivity contribution in [2.45, 2.75) is 6.54 Å². The largest absolute Gasteiger partial charge is 0.474 e. The number of hydrogen-bond acceptors (Lipinski definition) is 5. The number of halogens is 1. The molecule has 16 heavy (non-hydrogen) atoms. The lowest BCUT2D eigenvalue weighted by atomic mass is 10.3. The third-order valence-corrected chi connectivity index (χ3v) is 1.68. The molecular weight excluding hydrogens is 217 g/mol. The van der Waals surface area contributed by atoms with Gasteiger partial charge in [-0.1, -0.05) is 0 Å². The summed E-state index contributed by atoms with van der Waals surface area (Å²) < 4.78 is 22.4. The Kier molecular flexibility index (Phi) is 4.46. The maximum Gasteiger partial charge on any atom is 0.404 e. The molecular formula is C9H12FN3O3. The highest BCUT2D eigenvalue weighted by Crippen LogP contribution is 2.15. The molecule has 0 bridgehead atoms. The first-order chi connectivity index (χ1) is 7.63. The highest BCUT2D eigenvalue weighted by Gasteiger charge is 2.05. The van der Waals surface area contributed by atoms with E-state index in [1.54, 1.807) is 0 Å². The number of ether oxygens (including phenoxy) is 2. The van der Waals surface area contributed by atoms with Crippen molar-refractivity contribution >= 4 is 6.09 Å². The molecule has 0 aliphatic rings. The van der Waals surface area contributed by atoms with Gasteiger partial charge in [-0.15, -0.1) is 0 Å². The zero-order valence-corrected chi connectivity index (χ0v) is 8.48. The zero-order valence-electron chi connectivity index (χ0n) is 8.48. The Balaban J connectivity index is 2.50. The van der Waals surface area contributed by atoms with Crippen molar-refractivity contribution in [2.75, 3.05) is 13.2 Å². The first-order valence-electron chi connectivity index (χ1n) is 4.53. The predicted octanol–water partition coefficient (Wildman–Crippen LogP) is 0.153. The van der Waals surface area contributed by atoms with Crippen LogP contribution in [0.2, 0.25) is 0 Å². The Morgan fingerprint density at radius 2 is 2.25 bits per heavy atom. The molecule has 7 heteroatoms. The number of aromatic nitrogens is 1. The van der Waals surface area contributed by atoms with Crippen molar-refractivity contribution in [3.8, 4) is 5.88 Å². The van der Waals surface area contributed by atoms with Crippen LogP contribution in [0.4, 0.5) is 9.18 Å². The Morgan fingerprint density at radius 1 is 1.50 bits per heavy atom. The van der Waals surface area contributed by atoms with Crippen molar-refractivity contribution in [2.24, 2.45) is 11.5 Å². The average molecular weight is 229 g/mol. The van der Waals surface area contributed by atoms with Gasteiger partial charge in [0, 0.05) is 12.1 Å². The molecule has 1 rings (SSSR count). The molecule has 0 unspecified atom stereocenters. The Labute approximate surface area is 91.3 Å². The van der Waals surface area contributed by atoms with Crippen LogP contribution in [0.15, 0.2) is 12.3 Å². The summed E-state index contributed by atoms with van der Waals surface area (Å²) in [7, 11) is 0. The van der Waals surface area contributed by atoms with E-state index in [1.807, 2.05) is 0 Å². The van der Waals surface area contributed by atoms with Gasteiger partial charge in [0.05, 0.1) is 6.20 Å². The van der Waals surface area contributed by atoms with Crippen molar-refractivity contribution in [1.82, 2.24) is 4.98 Å². The van der Waals surface area contributed by atoms with Crippen LogP contribution >= 0.6 is 0 Å². The molecule has 1 aromatic heterocycles. The fourth-order valence-corrected chi connectivity index (χ4v) is 1.03. The minimum Gasteiger partial charge on any atom is -0.474 e. The summed E-state index contributed by atoms with van der Waals surface area (Å²) in [6.07, 6.45) is 0.137. The highest BCUT2D eigenvalue weighted by atomic mass is 19.1. The van der Waals surface area contributed by atoms with E-state index in [2.05, 4.69) is 9.72 Å². The van der Waals surface area contributed by atoms with E-state index in [4.69, 9.17) is 16.2 Å². The smallest absolute Gasteiger partial charge is 0.404 e. The van der Waals surface area contributed by atoms with Crippen LogP contribution in [0.1, 0.15) is 5.56 Å². The first-order valence-corrected chi connectivity index (χ1v) is 4.53. The highest BCUT2D eigenvalue weighted by molar-refractivity contribution is 5.64. The van der Waals surface area contributed by atoms with Crippen LogP contribution in [0.3, 0.4) is 0 Å². The van der Waals surface area contributed by atoms with Crippen molar-refractivity contribution in [3.05, 3.63) is 23.6 Å². The van der Waals surface area contributed by atoms with Crippen LogP contribution in [0, 0.1) is 5.82 Å². The van der Waals surface area contributed by atoms with Crippen molar-refractivity contribution in [3.63, 3.8) is 0 Å². The number of nitrogens with zero attached hydrogens (tertiary/aromatic N) is 1. The van der Waals surface area contributed by atoms with Gasteiger partial charge in [-0.2, -0.15) is 0 Å². The minimum absolute atomic E-state index is 0.00159. The molecule has 1 heterocycles. The van der Waals surface area contributed by atoms with Crippen LogP contribution in [0.5, 0.6) is 5.88 Å². The molecule has 0 saturated carbocycles. The van der Waals surface area contributed by atoms with E-state index >= 15 is 0 Å². The lowest BCUT2D eigenvalue weighted by Crippen LogP contribution is -2.18. The second-order valence-electron chi connectivity index (χ2n) is 2.84. The van der Waals surface area contributed by atoms with E-state index < -0.39 is 11.9 Å². The summed E-state index contributed by atoms with van der Waals surface area (Å²) in [6.45, 7) is 0.184. The van der Waals surface area contributed by atoms with Gasteiger partial charge < -0.3 is 20.9 Å². The van der Waals surface area contributed by atoms with Gasteiger partial charge in [0.15, 0.2) is 0 Å². The molecule has 0 aliphatic heterocycles. The van der Waals surface area contributed by atoms with Crippen LogP contribution in [-0.4, -0.2) is 24.3 Å². The van der Waals surface area contributed by atoms with Crippen molar-refractivity contribution in [1.29, 1.82) is 0 Å². The van der Waals surface area contributed by atoms with Gasteiger partial charge in [0.2, 0.25) is 5.88 Å². The Bertz CT molecular complexity index is 373. The van der Waals surface area contributed by atoms with Crippen molar-refractivity contribution < 1.29 is 18.7 Å². The van der Waals surface area contributed by atoms with E-state index in [0.717, 1.165) is 6.20 Å². The maximum absolute atomic E-state index is 12.8. The van der Waals surface area contributed by atoms with Crippen LogP contribution in [-0.2, 0) is 11.3 Å². The molecule has 6 nitrogen and oxygen atoms in total. The molecule has 0 saturated heterocycles. The van der Waals surface area contributed by atoms with E-state index in [-0.39, 0.29) is 25.6 Å². The summed E-state index contributed by atoms with van der Waals surface area (Å²) in [5.41, 5.74) is 10.6. The summed E-state index contributed by atoms with van der Waals surface area (Å²) in [5, 5.41) is 0. The standard InChI is InChI=1S/C9H12FN3O3/c10-7-3-6(4-11)8(13-5-7)15-1-2-16-9(12)14/h3,5H,1-2,4,11H2,(H2,12,14). The predicted molar refractivity (Wildman–Crippen MR) is 53.1 cm³/mol. The average Bonchev–Trinajstić information content (AvgIpc) is 2.25. The third kappa shape index (κ3) is 3.70. The Hall–Kier alpha value is -1.89. The fraction of sp³-hybridized carbons (Fsp3) is 0.333. The first kappa shape index (κ1) is 12.2. The van der Waals surface area contributed by atoms with E-state index in [9.17, 15) is 9.18 Å². The molecule has 1 amide bonds. The lowest BCUT2D eigenvalue weighted by molar-refractivity contribution is 0.132. The summed E-state index contributed by atoms with van der Waals surface area (Å²) in [4.78, 5) is 14.0.